The van der Waals surface area contributed by atoms with Gasteiger partial charge in [0.15, 0.2) is 0 Å². The Bertz CT molecular complexity index is 694. The molecule has 0 N–H and O–H groups in total. The minimum absolute atomic E-state index is 0.00794. The molecule has 0 spiro atoms. The van der Waals surface area contributed by atoms with E-state index in [1.807, 2.05) is 31.2 Å². The van der Waals surface area contributed by atoms with Crippen LogP contribution in [-0.2, 0) is 4.74 Å². The van der Waals surface area contributed by atoms with E-state index >= 15 is 0 Å². The van der Waals surface area contributed by atoms with Crippen molar-refractivity contribution >= 4 is 41.9 Å². The van der Waals surface area contributed by atoms with Crippen LogP contribution < -0.4 is 8.35 Å². The number of carbonyl (C=O) groups excluding carboxylic acids is 1. The Balaban J connectivity index is 2.16. The molecule has 0 amide bonds. The summed E-state index contributed by atoms with van der Waals surface area (Å²) in [7, 11) is 1.61. The van der Waals surface area contributed by atoms with E-state index in [-0.39, 0.29) is 5.78 Å². The van der Waals surface area contributed by atoms with Gasteiger partial charge in [-0.05, 0) is 0 Å². The third-order valence-electron chi connectivity index (χ3n) is 3.18. The molecule has 0 saturated heterocycles. The van der Waals surface area contributed by atoms with Crippen LogP contribution in [0.4, 0.5) is 0 Å². The summed E-state index contributed by atoms with van der Waals surface area (Å²) in [4.78, 5) is 12.5. The van der Waals surface area contributed by atoms with Gasteiger partial charge in [0.2, 0.25) is 0 Å². The fourth-order valence-electron chi connectivity index (χ4n) is 1.94. The van der Waals surface area contributed by atoms with Crippen molar-refractivity contribution in [2.24, 2.45) is 0 Å². The second-order valence-electron chi connectivity index (χ2n) is 4.90. The molecule has 0 radical (unpaired) electrons. The van der Waals surface area contributed by atoms with Gasteiger partial charge in [-0.2, -0.15) is 0 Å². The second kappa shape index (κ2) is 9.86. The topological polar surface area (TPSA) is 35.5 Å². The molecule has 0 aromatic heterocycles. The molecule has 0 aliphatic heterocycles. The second-order valence-corrected chi connectivity index (χ2v) is 8.76. The van der Waals surface area contributed by atoms with E-state index < -0.39 is 20.9 Å². The van der Waals surface area contributed by atoms with Gasteiger partial charge in [0.25, 0.3) is 0 Å². The molecule has 0 heterocycles. The van der Waals surface area contributed by atoms with E-state index in [2.05, 4.69) is 0 Å². The molecule has 2 aromatic rings. The normalized spacial score (nSPS) is 11.4. The zero-order valence-corrected chi connectivity index (χ0v) is 16.7. The Kier molecular flexibility index (Phi) is 7.81. The van der Waals surface area contributed by atoms with Gasteiger partial charge in [-0.1, -0.05) is 0 Å². The van der Waals surface area contributed by atoms with Gasteiger partial charge in [-0.15, -0.1) is 0 Å². The third kappa shape index (κ3) is 5.96. The van der Waals surface area contributed by atoms with Crippen LogP contribution in [0.15, 0.2) is 58.2 Å². The predicted octanol–water partition coefficient (Wildman–Crippen LogP) is 3.48. The SMILES string of the molecule is CCOC/C(=C/C(=O)c1ccc(OC)cc1)[Te]c1ccc(Cl)cc1. The molecule has 0 fully saturated rings. The Labute approximate surface area is 157 Å². The summed E-state index contributed by atoms with van der Waals surface area (Å²) < 4.78 is 12.9. The first-order chi connectivity index (χ1) is 11.6. The van der Waals surface area contributed by atoms with Gasteiger partial charge >= 0.3 is 158 Å². The van der Waals surface area contributed by atoms with Gasteiger partial charge < -0.3 is 0 Å². The van der Waals surface area contributed by atoms with Crippen molar-refractivity contribution in [2.75, 3.05) is 20.3 Å². The van der Waals surface area contributed by atoms with Crippen molar-refractivity contribution in [1.29, 1.82) is 0 Å². The van der Waals surface area contributed by atoms with Crippen LogP contribution in [0.1, 0.15) is 17.3 Å². The first kappa shape index (κ1) is 19.0. The molecule has 0 saturated carbocycles. The fraction of sp³-hybridized carbons (Fsp3) is 0.211. The van der Waals surface area contributed by atoms with E-state index in [0.29, 0.717) is 18.8 Å². The van der Waals surface area contributed by atoms with E-state index in [9.17, 15) is 4.79 Å². The number of carbonyl (C=O) groups is 1. The van der Waals surface area contributed by atoms with Crippen LogP contribution >= 0.6 is 11.6 Å². The zero-order chi connectivity index (χ0) is 17.4. The number of rotatable bonds is 8. The molecule has 0 aliphatic rings. The summed E-state index contributed by atoms with van der Waals surface area (Å²) in [5, 5.41) is 0.718. The number of ether oxygens (including phenoxy) is 2. The Hall–Kier alpha value is -1.31. The van der Waals surface area contributed by atoms with Gasteiger partial charge in [0, 0.05) is 0 Å². The van der Waals surface area contributed by atoms with Crippen LogP contribution in [0.2, 0.25) is 5.02 Å². The number of benzene rings is 2. The summed E-state index contributed by atoms with van der Waals surface area (Å²) in [6.07, 6.45) is 1.72. The Morgan fingerprint density at radius 1 is 1.12 bits per heavy atom. The average Bonchev–Trinajstić information content (AvgIpc) is 2.61. The maximum absolute atomic E-state index is 12.5. The number of hydrogen-bond donors (Lipinski definition) is 0. The third-order valence-corrected chi connectivity index (χ3v) is 6.30. The number of methoxy groups -OCH3 is 1. The average molecular weight is 458 g/mol. The van der Waals surface area contributed by atoms with Gasteiger partial charge in [-0.3, -0.25) is 0 Å². The van der Waals surface area contributed by atoms with Crippen LogP contribution in [-0.4, -0.2) is 47.0 Å². The fourth-order valence-corrected chi connectivity index (χ4v) is 4.59. The van der Waals surface area contributed by atoms with E-state index in [4.69, 9.17) is 21.1 Å². The summed E-state index contributed by atoms with van der Waals surface area (Å²) in [5.41, 5.74) is 0.647. The van der Waals surface area contributed by atoms with E-state index in [1.54, 1.807) is 37.5 Å². The van der Waals surface area contributed by atoms with Gasteiger partial charge in [0.05, 0.1) is 0 Å². The quantitative estimate of drug-likeness (QED) is 0.345. The van der Waals surface area contributed by atoms with Crippen LogP contribution in [0, 0.1) is 0 Å². The van der Waals surface area contributed by atoms with Crippen molar-refractivity contribution in [2.45, 2.75) is 6.92 Å². The molecule has 24 heavy (non-hydrogen) atoms. The van der Waals surface area contributed by atoms with E-state index in [0.717, 1.165) is 14.4 Å². The number of halogens is 1. The minimum atomic E-state index is -0.671. The molecule has 0 bridgehead atoms. The molecule has 2 aromatic carbocycles. The standard InChI is InChI=1S/C19H19ClO3Te/c1-3-23-13-18(24-17-10-6-15(20)7-11-17)12-19(21)14-4-8-16(22-2)9-5-14/h4-12H,3,13H2,1-2H3/b18-12-. The number of ketones is 1. The Morgan fingerprint density at radius 3 is 2.38 bits per heavy atom. The summed E-state index contributed by atoms with van der Waals surface area (Å²) in [5.74, 6) is 0.728. The van der Waals surface area contributed by atoms with Crippen molar-refractivity contribution < 1.29 is 14.3 Å². The van der Waals surface area contributed by atoms with Gasteiger partial charge in [0.1, 0.15) is 0 Å². The Morgan fingerprint density at radius 2 is 1.79 bits per heavy atom. The molecule has 0 atom stereocenters. The summed E-state index contributed by atoms with van der Waals surface area (Å²) in [6, 6.07) is 14.9. The molecular formula is C19H19ClO3Te. The zero-order valence-electron chi connectivity index (χ0n) is 13.6. The molecule has 2 rings (SSSR count). The maximum atomic E-state index is 12.5. The van der Waals surface area contributed by atoms with Crippen LogP contribution in [0.3, 0.4) is 0 Å². The number of hydrogen-bond acceptors (Lipinski definition) is 3. The first-order valence-corrected chi connectivity index (χ1v) is 10.2. The monoisotopic (exact) mass is 460 g/mol. The predicted molar refractivity (Wildman–Crippen MR) is 98.7 cm³/mol. The first-order valence-electron chi connectivity index (χ1n) is 7.52. The molecule has 0 unspecified atom stereocenters. The number of allylic oxidation sites excluding steroid dienone is 1. The molecule has 3 nitrogen and oxygen atoms in total. The summed E-state index contributed by atoms with van der Waals surface area (Å²) >= 11 is 5.26. The van der Waals surface area contributed by atoms with Gasteiger partial charge in [-0.25, -0.2) is 0 Å². The molecule has 126 valence electrons. The van der Waals surface area contributed by atoms with Crippen molar-refractivity contribution in [1.82, 2.24) is 0 Å². The van der Waals surface area contributed by atoms with Crippen molar-refractivity contribution in [3.8, 4) is 5.75 Å². The molecule has 0 aliphatic carbocycles. The van der Waals surface area contributed by atoms with Crippen molar-refractivity contribution in [3.05, 3.63) is 68.8 Å². The van der Waals surface area contributed by atoms with Crippen molar-refractivity contribution in [3.63, 3.8) is 0 Å². The van der Waals surface area contributed by atoms with E-state index in [1.165, 1.54) is 3.61 Å². The molecular weight excluding hydrogens is 439 g/mol. The van der Waals surface area contributed by atoms with Crippen LogP contribution in [0.25, 0.3) is 0 Å². The van der Waals surface area contributed by atoms with Crippen LogP contribution in [0.5, 0.6) is 5.75 Å². The molecule has 5 heteroatoms. The summed E-state index contributed by atoms with van der Waals surface area (Å²) in [6.45, 7) is 3.07.